The van der Waals surface area contributed by atoms with Gasteiger partial charge in [-0.05, 0) is 34.1 Å². The van der Waals surface area contributed by atoms with Crippen LogP contribution in [0.5, 0.6) is 0 Å². The number of rotatable bonds is 3. The van der Waals surface area contributed by atoms with Gasteiger partial charge in [0.15, 0.2) is 0 Å². The Hall–Kier alpha value is -2.22. The lowest BCUT2D eigenvalue weighted by molar-refractivity contribution is 0.591. The molecule has 0 amide bonds. The van der Waals surface area contributed by atoms with E-state index < -0.39 is 0 Å². The molecule has 0 N–H and O–H groups in total. The lowest BCUT2D eigenvalue weighted by atomic mass is 9.86. The van der Waals surface area contributed by atoms with E-state index in [4.69, 9.17) is 0 Å². The van der Waals surface area contributed by atoms with Gasteiger partial charge in [0.1, 0.15) is 0 Å². The zero-order chi connectivity index (χ0) is 17.8. The van der Waals surface area contributed by atoms with Gasteiger partial charge in [-0.25, -0.2) is 0 Å². The van der Waals surface area contributed by atoms with Gasteiger partial charge in [-0.15, -0.1) is 0 Å². The molecule has 2 heteroatoms. The fourth-order valence-corrected chi connectivity index (χ4v) is 2.67. The minimum atomic E-state index is 0.0733. The van der Waals surface area contributed by atoms with Gasteiger partial charge < -0.3 is 0 Å². The molecule has 0 aliphatic carbocycles. The van der Waals surface area contributed by atoms with Crippen molar-refractivity contribution in [3.8, 4) is 0 Å². The Kier molecular flexibility index (Phi) is 5.38. The zero-order valence-electron chi connectivity index (χ0n) is 15.7. The second-order valence-electron chi connectivity index (χ2n) is 8.09. The second-order valence-corrected chi connectivity index (χ2v) is 8.09. The first-order chi connectivity index (χ1) is 11.2. The van der Waals surface area contributed by atoms with Crippen molar-refractivity contribution in [1.82, 2.24) is 0 Å². The molecule has 0 heterocycles. The van der Waals surface area contributed by atoms with Gasteiger partial charge >= 0.3 is 0 Å². The van der Waals surface area contributed by atoms with E-state index in [9.17, 15) is 0 Å². The molecule has 0 unspecified atom stereocenters. The predicted octanol–water partition coefficient (Wildman–Crippen LogP) is 6.39. The van der Waals surface area contributed by atoms with Crippen LogP contribution in [0.4, 0.5) is 11.4 Å². The lowest BCUT2D eigenvalue weighted by Crippen LogP contribution is -2.11. The Balaban J connectivity index is 2.24. The number of aliphatic imine (C=N–C) groups is 2. The molecule has 0 radical (unpaired) electrons. The van der Waals surface area contributed by atoms with Crippen molar-refractivity contribution in [3.63, 3.8) is 0 Å². The van der Waals surface area contributed by atoms with Crippen LogP contribution in [-0.2, 0) is 10.8 Å². The smallest absolute Gasteiger partial charge is 0.0667 e. The summed E-state index contributed by atoms with van der Waals surface area (Å²) in [6, 6.07) is 16.5. The van der Waals surface area contributed by atoms with Gasteiger partial charge in [0.25, 0.3) is 0 Å². The highest BCUT2D eigenvalue weighted by Crippen LogP contribution is 2.32. The molecule has 0 fully saturated rings. The largest absolute Gasteiger partial charge is 0.255 e. The zero-order valence-corrected chi connectivity index (χ0v) is 15.7. The molecule has 2 nitrogen and oxygen atoms in total. The van der Waals surface area contributed by atoms with Crippen molar-refractivity contribution in [3.05, 3.63) is 59.7 Å². The Morgan fingerprint density at radius 1 is 0.583 bits per heavy atom. The summed E-state index contributed by atoms with van der Waals surface area (Å²) in [7, 11) is 0. The Bertz CT molecular complexity index is 676. The van der Waals surface area contributed by atoms with Crippen LogP contribution < -0.4 is 0 Å². The van der Waals surface area contributed by atoms with Gasteiger partial charge in [-0.3, -0.25) is 9.98 Å². The van der Waals surface area contributed by atoms with Crippen LogP contribution in [0.2, 0.25) is 0 Å². The summed E-state index contributed by atoms with van der Waals surface area (Å²) < 4.78 is 0. The van der Waals surface area contributed by atoms with Crippen molar-refractivity contribution in [1.29, 1.82) is 0 Å². The maximum absolute atomic E-state index is 4.61. The maximum Gasteiger partial charge on any atom is 0.0667 e. The van der Waals surface area contributed by atoms with Crippen LogP contribution in [0, 0.1) is 0 Å². The van der Waals surface area contributed by atoms with Gasteiger partial charge in [-0.2, -0.15) is 0 Å². The van der Waals surface area contributed by atoms with Crippen molar-refractivity contribution in [2.75, 3.05) is 0 Å². The number of hydrogen-bond acceptors (Lipinski definition) is 2. The molecular formula is C22H28N2. The van der Waals surface area contributed by atoms with Gasteiger partial charge in [0, 0.05) is 12.4 Å². The van der Waals surface area contributed by atoms with Gasteiger partial charge in [0.05, 0.1) is 11.4 Å². The number of hydrogen-bond donors (Lipinski definition) is 0. The van der Waals surface area contributed by atoms with E-state index in [1.165, 1.54) is 11.1 Å². The minimum absolute atomic E-state index is 0.0733. The third-order valence-corrected chi connectivity index (χ3v) is 3.92. The van der Waals surface area contributed by atoms with E-state index in [2.05, 4.69) is 75.8 Å². The van der Waals surface area contributed by atoms with E-state index in [1.807, 2.05) is 24.3 Å². The molecule has 2 aromatic carbocycles. The molecule has 0 spiro atoms. The molecule has 0 aromatic heterocycles. The van der Waals surface area contributed by atoms with E-state index in [0.717, 1.165) is 11.4 Å². The van der Waals surface area contributed by atoms with Crippen molar-refractivity contribution in [2.24, 2.45) is 9.98 Å². The van der Waals surface area contributed by atoms with Crippen LogP contribution in [0.3, 0.4) is 0 Å². The first-order valence-electron chi connectivity index (χ1n) is 8.45. The van der Waals surface area contributed by atoms with Gasteiger partial charge in [0.2, 0.25) is 0 Å². The summed E-state index contributed by atoms with van der Waals surface area (Å²) in [6.45, 7) is 13.2. The van der Waals surface area contributed by atoms with Crippen molar-refractivity contribution >= 4 is 23.8 Å². The SMILES string of the molecule is CC(C)(C)c1ccccc1N=CC=Nc1ccccc1C(C)(C)C. The van der Waals surface area contributed by atoms with Crippen LogP contribution in [0.15, 0.2) is 58.5 Å². The molecule has 0 saturated carbocycles. The van der Waals surface area contributed by atoms with E-state index >= 15 is 0 Å². The first kappa shape index (κ1) is 18.1. The summed E-state index contributed by atoms with van der Waals surface area (Å²) in [6.07, 6.45) is 3.56. The third-order valence-electron chi connectivity index (χ3n) is 3.92. The molecule has 0 saturated heterocycles. The predicted molar refractivity (Wildman–Crippen MR) is 107 cm³/mol. The quantitative estimate of drug-likeness (QED) is 0.586. The third kappa shape index (κ3) is 4.64. The second kappa shape index (κ2) is 7.12. The summed E-state index contributed by atoms with van der Waals surface area (Å²) in [4.78, 5) is 9.21. The topological polar surface area (TPSA) is 24.7 Å². The molecule has 0 atom stereocenters. The first-order valence-corrected chi connectivity index (χ1v) is 8.45. The minimum Gasteiger partial charge on any atom is -0.255 e. The summed E-state index contributed by atoms with van der Waals surface area (Å²) in [5.74, 6) is 0. The van der Waals surface area contributed by atoms with Crippen LogP contribution >= 0.6 is 0 Å². The fourth-order valence-electron chi connectivity index (χ4n) is 2.67. The summed E-state index contributed by atoms with van der Waals surface area (Å²) >= 11 is 0. The fraction of sp³-hybridized carbons (Fsp3) is 0.364. The van der Waals surface area contributed by atoms with Crippen molar-refractivity contribution < 1.29 is 0 Å². The van der Waals surface area contributed by atoms with Crippen LogP contribution in [-0.4, -0.2) is 12.4 Å². The average molecular weight is 320 g/mol. The lowest BCUT2D eigenvalue weighted by Gasteiger charge is -2.21. The highest BCUT2D eigenvalue weighted by Gasteiger charge is 2.17. The number of benzene rings is 2. The van der Waals surface area contributed by atoms with Crippen molar-refractivity contribution in [2.45, 2.75) is 52.4 Å². The highest BCUT2D eigenvalue weighted by atomic mass is 14.8. The van der Waals surface area contributed by atoms with Crippen LogP contribution in [0.25, 0.3) is 0 Å². The maximum atomic E-state index is 4.61. The normalized spacial score (nSPS) is 13.1. The molecule has 2 aromatic rings. The molecule has 126 valence electrons. The van der Waals surface area contributed by atoms with Gasteiger partial charge in [-0.1, -0.05) is 77.9 Å². The van der Waals surface area contributed by atoms with Crippen LogP contribution in [0.1, 0.15) is 52.7 Å². The molecular weight excluding hydrogens is 292 g/mol. The summed E-state index contributed by atoms with van der Waals surface area (Å²) in [5.41, 5.74) is 4.63. The molecule has 24 heavy (non-hydrogen) atoms. The van der Waals surface area contributed by atoms with E-state index in [0.29, 0.717) is 0 Å². The number of para-hydroxylation sites is 2. The Morgan fingerprint density at radius 3 is 1.25 bits per heavy atom. The Morgan fingerprint density at radius 2 is 0.917 bits per heavy atom. The molecule has 2 rings (SSSR count). The highest BCUT2D eigenvalue weighted by molar-refractivity contribution is 6.17. The molecule has 0 aliphatic heterocycles. The molecule has 0 bridgehead atoms. The standard InChI is InChI=1S/C22H28N2/c1-21(2,3)17-11-7-9-13-19(17)23-15-16-24-20-14-10-8-12-18(20)22(4,5)6/h7-16H,1-6H3. The van der Waals surface area contributed by atoms with E-state index in [-0.39, 0.29) is 10.8 Å². The van der Waals surface area contributed by atoms with E-state index in [1.54, 1.807) is 12.4 Å². The Labute approximate surface area is 146 Å². The number of nitrogens with zero attached hydrogens (tertiary/aromatic N) is 2. The monoisotopic (exact) mass is 320 g/mol. The summed E-state index contributed by atoms with van der Waals surface area (Å²) in [5, 5.41) is 0. The average Bonchev–Trinajstić information content (AvgIpc) is 2.50. The molecule has 0 aliphatic rings.